The topological polar surface area (TPSA) is 95.9 Å². The van der Waals surface area contributed by atoms with Gasteiger partial charge < -0.3 is 0 Å². The van der Waals surface area contributed by atoms with Crippen LogP contribution in [0.4, 0.5) is 0 Å². The van der Waals surface area contributed by atoms with Crippen LogP contribution in [0.3, 0.4) is 0 Å². The lowest BCUT2D eigenvalue weighted by atomic mass is 10.7. The van der Waals surface area contributed by atoms with Gasteiger partial charge in [-0.15, -0.1) is 11.2 Å². The highest BCUT2D eigenvalue weighted by Crippen LogP contribution is 2.03. The SMILES string of the molecule is CONN1CN(NOC)CN(N(O)O)C1. The van der Waals surface area contributed by atoms with E-state index in [0.29, 0.717) is 6.67 Å². The van der Waals surface area contributed by atoms with E-state index in [2.05, 4.69) is 11.2 Å². The quantitative estimate of drug-likeness (QED) is 0.389. The summed E-state index contributed by atoms with van der Waals surface area (Å²) in [6, 6.07) is 0. The normalized spacial score (nSPS) is 21.4. The highest BCUT2D eigenvalue weighted by molar-refractivity contribution is 4.56. The number of hydrazine groups is 3. The van der Waals surface area contributed by atoms with Gasteiger partial charge in [-0.2, -0.15) is 15.0 Å². The zero-order chi connectivity index (χ0) is 11.3. The highest BCUT2D eigenvalue weighted by Gasteiger charge is 2.26. The van der Waals surface area contributed by atoms with Gasteiger partial charge in [0.25, 0.3) is 0 Å². The number of hydrogen-bond acceptors (Lipinski definition) is 10. The summed E-state index contributed by atoms with van der Waals surface area (Å²) in [4.78, 5) is 9.42. The Morgan fingerprint density at radius 1 is 1.00 bits per heavy atom. The maximum absolute atomic E-state index is 8.87. The molecule has 1 rings (SSSR count). The summed E-state index contributed by atoms with van der Waals surface area (Å²) in [6.07, 6.45) is 0. The molecule has 0 spiro atoms. The van der Waals surface area contributed by atoms with Crippen LogP contribution in [0, 0.1) is 0 Å². The van der Waals surface area contributed by atoms with Gasteiger partial charge in [-0.3, -0.25) is 20.1 Å². The Balaban J connectivity index is 2.48. The molecule has 0 aromatic carbocycles. The van der Waals surface area contributed by atoms with Gasteiger partial charge in [-0.1, -0.05) is 0 Å². The van der Waals surface area contributed by atoms with Gasteiger partial charge in [0.05, 0.1) is 34.2 Å². The van der Waals surface area contributed by atoms with Crippen LogP contribution in [0.5, 0.6) is 0 Å². The Kier molecular flexibility index (Phi) is 5.27. The van der Waals surface area contributed by atoms with Crippen LogP contribution in [0.15, 0.2) is 0 Å². The van der Waals surface area contributed by atoms with E-state index in [1.165, 1.54) is 19.2 Å². The van der Waals surface area contributed by atoms with E-state index in [0.717, 1.165) is 0 Å². The Labute approximate surface area is 86.9 Å². The lowest BCUT2D eigenvalue weighted by Gasteiger charge is -2.40. The van der Waals surface area contributed by atoms with E-state index in [-0.39, 0.29) is 18.7 Å². The van der Waals surface area contributed by atoms with Gasteiger partial charge in [0.15, 0.2) is 0 Å². The zero-order valence-corrected chi connectivity index (χ0v) is 8.62. The molecule has 0 bridgehead atoms. The van der Waals surface area contributed by atoms with Crippen LogP contribution < -0.4 is 11.2 Å². The van der Waals surface area contributed by atoms with Crippen LogP contribution in [0.2, 0.25) is 0 Å². The lowest BCUT2D eigenvalue weighted by molar-refractivity contribution is -0.444. The van der Waals surface area contributed by atoms with Crippen molar-refractivity contribution in [2.45, 2.75) is 0 Å². The molecular weight excluding hydrogens is 208 g/mol. The van der Waals surface area contributed by atoms with Crippen molar-refractivity contribution >= 4 is 0 Å². The highest BCUT2D eigenvalue weighted by atomic mass is 16.8. The van der Waals surface area contributed by atoms with Crippen LogP contribution in [-0.4, -0.2) is 65.0 Å². The van der Waals surface area contributed by atoms with Gasteiger partial charge >= 0.3 is 0 Å². The van der Waals surface area contributed by atoms with E-state index in [9.17, 15) is 0 Å². The van der Waals surface area contributed by atoms with Crippen LogP contribution in [-0.2, 0) is 9.68 Å². The molecule has 0 aliphatic carbocycles. The zero-order valence-electron chi connectivity index (χ0n) is 8.62. The van der Waals surface area contributed by atoms with Crippen molar-refractivity contribution < 1.29 is 20.1 Å². The minimum Gasteiger partial charge on any atom is -0.290 e. The minimum atomic E-state index is 0.00778. The fourth-order valence-electron chi connectivity index (χ4n) is 1.22. The molecule has 0 amide bonds. The van der Waals surface area contributed by atoms with E-state index in [1.54, 1.807) is 10.0 Å². The van der Waals surface area contributed by atoms with Crippen molar-refractivity contribution in [1.82, 2.24) is 31.5 Å². The summed E-state index contributed by atoms with van der Waals surface area (Å²) in [5, 5.41) is 22.1. The van der Waals surface area contributed by atoms with E-state index in [4.69, 9.17) is 20.1 Å². The van der Waals surface area contributed by atoms with E-state index < -0.39 is 0 Å². The van der Waals surface area contributed by atoms with E-state index in [1.807, 2.05) is 0 Å². The number of hydrogen-bond donors (Lipinski definition) is 4. The average Bonchev–Trinajstić information content (AvgIpc) is 2.18. The summed E-state index contributed by atoms with van der Waals surface area (Å²) < 4.78 is 0. The molecule has 0 unspecified atom stereocenters. The molecule has 0 atom stereocenters. The molecule has 1 saturated heterocycles. The van der Waals surface area contributed by atoms with Gasteiger partial charge in [0.1, 0.15) is 0 Å². The molecule has 90 valence electrons. The number of nitrogens with zero attached hydrogens (tertiary/aromatic N) is 4. The molecular formula is C5H16N6O4. The maximum Gasteiger partial charge on any atom is 0.0882 e. The summed E-state index contributed by atoms with van der Waals surface area (Å²) >= 11 is 0. The second-order valence-electron chi connectivity index (χ2n) is 2.87. The summed E-state index contributed by atoms with van der Waals surface area (Å²) in [7, 11) is 2.92. The second kappa shape index (κ2) is 6.24. The molecule has 1 aliphatic rings. The molecule has 10 heteroatoms. The van der Waals surface area contributed by atoms with Gasteiger partial charge in [0, 0.05) is 5.34 Å². The smallest absolute Gasteiger partial charge is 0.0882 e. The first-order chi connectivity index (χ1) is 7.17. The minimum absolute atomic E-state index is 0.00778. The molecule has 15 heavy (non-hydrogen) atoms. The molecule has 1 aliphatic heterocycles. The van der Waals surface area contributed by atoms with Crippen LogP contribution in [0.25, 0.3) is 0 Å². The van der Waals surface area contributed by atoms with Crippen molar-refractivity contribution in [2.24, 2.45) is 0 Å². The molecule has 1 fully saturated rings. The van der Waals surface area contributed by atoms with Crippen molar-refractivity contribution in [2.75, 3.05) is 34.2 Å². The Hall–Kier alpha value is -0.400. The molecule has 4 N–H and O–H groups in total. The van der Waals surface area contributed by atoms with Crippen molar-refractivity contribution in [3.05, 3.63) is 0 Å². The lowest BCUT2D eigenvalue weighted by Crippen LogP contribution is -2.64. The van der Waals surface area contributed by atoms with Crippen molar-refractivity contribution in [1.29, 1.82) is 0 Å². The van der Waals surface area contributed by atoms with Crippen LogP contribution in [0.1, 0.15) is 0 Å². The van der Waals surface area contributed by atoms with Gasteiger partial charge in [-0.25, -0.2) is 0 Å². The fourth-order valence-corrected chi connectivity index (χ4v) is 1.22. The fraction of sp³-hybridized carbons (Fsp3) is 1.00. The van der Waals surface area contributed by atoms with E-state index >= 15 is 0 Å². The van der Waals surface area contributed by atoms with Gasteiger partial charge in [0.2, 0.25) is 0 Å². The first-order valence-corrected chi connectivity index (χ1v) is 4.17. The number of nitrogens with one attached hydrogen (secondary N) is 2. The van der Waals surface area contributed by atoms with Crippen molar-refractivity contribution in [3.63, 3.8) is 0 Å². The molecule has 0 radical (unpaired) electrons. The third-order valence-corrected chi connectivity index (χ3v) is 1.70. The monoisotopic (exact) mass is 224 g/mol. The standard InChI is InChI=1S/C5H16N6O4/c1-14-6-8-3-9(7-15-2)5-10(4-8)11(12)13/h6-7,12-13H,3-5H2,1-2H3. The van der Waals surface area contributed by atoms with Crippen molar-refractivity contribution in [3.8, 4) is 0 Å². The first kappa shape index (κ1) is 12.7. The summed E-state index contributed by atoms with van der Waals surface area (Å²) in [5.74, 6) is 0. The number of rotatable bonds is 5. The molecule has 0 aromatic heterocycles. The van der Waals surface area contributed by atoms with Gasteiger partial charge in [-0.05, 0) is 0 Å². The third kappa shape index (κ3) is 3.92. The molecule has 10 nitrogen and oxygen atoms in total. The Morgan fingerprint density at radius 2 is 1.47 bits per heavy atom. The molecule has 1 heterocycles. The second-order valence-corrected chi connectivity index (χ2v) is 2.87. The summed E-state index contributed by atoms with van der Waals surface area (Å²) in [5.41, 5.74) is 5.13. The predicted molar refractivity (Wildman–Crippen MR) is 45.8 cm³/mol. The maximum atomic E-state index is 8.87. The van der Waals surface area contributed by atoms with Crippen LogP contribution >= 0.6 is 0 Å². The third-order valence-electron chi connectivity index (χ3n) is 1.70. The Bertz CT molecular complexity index is 169. The molecule has 0 saturated carbocycles. The largest absolute Gasteiger partial charge is 0.290 e. The molecule has 0 aromatic rings. The Morgan fingerprint density at radius 3 is 1.80 bits per heavy atom. The summed E-state index contributed by atoms with van der Waals surface area (Å²) in [6.45, 7) is 0.914. The average molecular weight is 224 g/mol. The predicted octanol–water partition coefficient (Wildman–Crippen LogP) is -2.09. The first-order valence-electron chi connectivity index (χ1n) is 4.17.